The summed E-state index contributed by atoms with van der Waals surface area (Å²) in [4.78, 5) is 2.37. The maximum Gasteiger partial charge on any atom is 0.143 e. The molecule has 284 valence electrons. The van der Waals surface area contributed by atoms with Crippen LogP contribution in [-0.4, -0.2) is 4.57 Å². The Morgan fingerprint density at radius 1 is 0.400 bits per heavy atom. The molecule has 60 heavy (non-hydrogen) atoms. The Kier molecular flexibility index (Phi) is 7.58. The van der Waals surface area contributed by atoms with Gasteiger partial charge in [-0.15, -0.1) is 0 Å². The first-order chi connectivity index (χ1) is 29.5. The van der Waals surface area contributed by atoms with Gasteiger partial charge < -0.3 is 13.9 Å². The van der Waals surface area contributed by atoms with E-state index in [4.69, 9.17) is 4.42 Å². The molecule has 0 unspecified atom stereocenters. The minimum atomic E-state index is -0.101. The van der Waals surface area contributed by atoms with Crippen molar-refractivity contribution in [2.45, 2.75) is 19.3 Å². The van der Waals surface area contributed by atoms with Crippen molar-refractivity contribution in [1.82, 2.24) is 4.57 Å². The van der Waals surface area contributed by atoms with Crippen LogP contribution in [0.3, 0.4) is 0 Å². The van der Waals surface area contributed by atoms with Crippen LogP contribution in [0.1, 0.15) is 25.0 Å². The van der Waals surface area contributed by atoms with E-state index < -0.39 is 0 Å². The Bertz CT molecular complexity index is 3450. The topological polar surface area (TPSA) is 21.3 Å². The summed E-state index contributed by atoms with van der Waals surface area (Å²) in [5.74, 6) is 0. The molecule has 1 aliphatic carbocycles. The van der Waals surface area contributed by atoms with Gasteiger partial charge in [-0.3, -0.25) is 0 Å². The van der Waals surface area contributed by atoms with Crippen LogP contribution in [0.2, 0.25) is 0 Å². The van der Waals surface area contributed by atoms with Gasteiger partial charge in [-0.1, -0.05) is 153 Å². The van der Waals surface area contributed by atoms with Crippen molar-refractivity contribution < 1.29 is 4.42 Å². The third-order valence-corrected chi connectivity index (χ3v) is 12.8. The molecule has 0 spiro atoms. The molecule has 0 atom stereocenters. The lowest BCUT2D eigenvalue weighted by atomic mass is 9.82. The molecular weight excluding hydrogens is 729 g/mol. The minimum Gasteiger partial charge on any atom is -0.455 e. The summed E-state index contributed by atoms with van der Waals surface area (Å²) < 4.78 is 9.18. The predicted molar refractivity (Wildman–Crippen MR) is 251 cm³/mol. The normalized spacial score (nSPS) is 13.0. The average Bonchev–Trinajstić information content (AvgIpc) is 3.92. The Morgan fingerprint density at radius 3 is 1.87 bits per heavy atom. The first-order valence-corrected chi connectivity index (χ1v) is 20.8. The fourth-order valence-electron chi connectivity index (χ4n) is 9.86. The van der Waals surface area contributed by atoms with Crippen molar-refractivity contribution in [3.8, 4) is 39.1 Å². The molecule has 11 aromatic rings. The Balaban J connectivity index is 1.03. The molecule has 0 bridgehead atoms. The van der Waals surface area contributed by atoms with E-state index in [0.29, 0.717) is 0 Å². The summed E-state index contributed by atoms with van der Waals surface area (Å²) in [5.41, 5.74) is 18.4. The van der Waals surface area contributed by atoms with E-state index in [-0.39, 0.29) is 5.41 Å². The van der Waals surface area contributed by atoms with Crippen LogP contribution in [0.15, 0.2) is 211 Å². The molecule has 0 saturated carbocycles. The SMILES string of the molecule is CC1(C)c2ccccc2-c2ccc(N(c3ccccc3)c3ccc(-c4cc(-n5c6ccccc6c6ccc(-c7ccccc7)cc65)cc5c4oc4ccccc45)cc3)cc21. The lowest BCUT2D eigenvalue weighted by molar-refractivity contribution is 0.660. The molecular formula is C57H40N2O. The number of fused-ring (bicyclic) bond motifs is 9. The highest BCUT2D eigenvalue weighted by atomic mass is 16.3. The quantitative estimate of drug-likeness (QED) is 0.168. The standard InChI is InChI=1S/C57H40N2O/c1-57(2)51-22-12-9-19-44(51)45-32-30-42(36-52(45)57)58(40-17-7-4-8-18-40)41-28-25-38(26-29-41)49-34-43(35-50-48-21-11-14-24-55(48)60-56(49)50)59-53-23-13-10-20-46(53)47-31-27-39(33-54(47)59)37-15-5-3-6-16-37/h3-36H,1-2H3. The molecule has 2 heterocycles. The average molecular weight is 769 g/mol. The zero-order valence-corrected chi connectivity index (χ0v) is 33.4. The van der Waals surface area contributed by atoms with E-state index >= 15 is 0 Å². The van der Waals surface area contributed by atoms with E-state index in [2.05, 4.69) is 230 Å². The summed E-state index contributed by atoms with van der Waals surface area (Å²) in [6.45, 7) is 4.69. The van der Waals surface area contributed by atoms with Crippen LogP contribution >= 0.6 is 0 Å². The molecule has 0 saturated heterocycles. The van der Waals surface area contributed by atoms with E-state index in [0.717, 1.165) is 55.8 Å². The summed E-state index contributed by atoms with van der Waals surface area (Å²) in [5, 5.41) is 4.66. The number of hydrogen-bond acceptors (Lipinski definition) is 2. The monoisotopic (exact) mass is 768 g/mol. The van der Waals surface area contributed by atoms with Crippen LogP contribution in [0.25, 0.3) is 82.8 Å². The number of hydrogen-bond donors (Lipinski definition) is 0. The van der Waals surface area contributed by atoms with Crippen molar-refractivity contribution in [2.75, 3.05) is 4.90 Å². The first kappa shape index (κ1) is 34.4. The highest BCUT2D eigenvalue weighted by molar-refractivity contribution is 6.13. The molecule has 3 nitrogen and oxygen atoms in total. The molecule has 2 aromatic heterocycles. The third kappa shape index (κ3) is 5.22. The molecule has 12 rings (SSSR count). The van der Waals surface area contributed by atoms with E-state index in [1.807, 2.05) is 0 Å². The second-order valence-electron chi connectivity index (χ2n) is 16.5. The summed E-state index contributed by atoms with van der Waals surface area (Å²) in [6, 6.07) is 74.8. The largest absolute Gasteiger partial charge is 0.455 e. The van der Waals surface area contributed by atoms with Gasteiger partial charge in [0, 0.05) is 55.3 Å². The number of rotatable bonds is 6. The minimum absolute atomic E-state index is 0.101. The van der Waals surface area contributed by atoms with E-state index in [1.165, 1.54) is 55.2 Å². The number of anilines is 3. The second kappa shape index (κ2) is 13.2. The molecule has 1 aliphatic rings. The number of benzene rings is 9. The Morgan fingerprint density at radius 2 is 1.03 bits per heavy atom. The zero-order valence-electron chi connectivity index (χ0n) is 33.4. The maximum atomic E-state index is 6.75. The lowest BCUT2D eigenvalue weighted by Gasteiger charge is -2.28. The van der Waals surface area contributed by atoms with Gasteiger partial charge in [-0.05, 0) is 106 Å². The van der Waals surface area contributed by atoms with Crippen LogP contribution in [0.5, 0.6) is 0 Å². The molecule has 0 fully saturated rings. The van der Waals surface area contributed by atoms with Gasteiger partial charge in [0.15, 0.2) is 0 Å². The van der Waals surface area contributed by atoms with Crippen LogP contribution < -0.4 is 4.90 Å². The second-order valence-corrected chi connectivity index (χ2v) is 16.5. The van der Waals surface area contributed by atoms with Crippen LogP contribution in [0.4, 0.5) is 17.1 Å². The van der Waals surface area contributed by atoms with Gasteiger partial charge >= 0.3 is 0 Å². The van der Waals surface area contributed by atoms with Gasteiger partial charge in [0.2, 0.25) is 0 Å². The molecule has 0 N–H and O–H groups in total. The van der Waals surface area contributed by atoms with Crippen molar-refractivity contribution >= 4 is 60.8 Å². The maximum absolute atomic E-state index is 6.75. The van der Waals surface area contributed by atoms with Gasteiger partial charge in [0.05, 0.1) is 11.0 Å². The molecule has 0 radical (unpaired) electrons. The lowest BCUT2D eigenvalue weighted by Crippen LogP contribution is -2.16. The molecule has 9 aromatic carbocycles. The van der Waals surface area contributed by atoms with Crippen molar-refractivity contribution in [3.63, 3.8) is 0 Å². The molecule has 0 amide bonds. The summed E-state index contributed by atoms with van der Waals surface area (Å²) in [6.07, 6.45) is 0. The van der Waals surface area contributed by atoms with E-state index in [1.54, 1.807) is 0 Å². The number of furan rings is 1. The fraction of sp³-hybridized carbons (Fsp3) is 0.0526. The van der Waals surface area contributed by atoms with Gasteiger partial charge in [-0.25, -0.2) is 0 Å². The number of nitrogens with zero attached hydrogens (tertiary/aromatic N) is 2. The zero-order chi connectivity index (χ0) is 40.0. The fourth-order valence-corrected chi connectivity index (χ4v) is 9.86. The summed E-state index contributed by atoms with van der Waals surface area (Å²) >= 11 is 0. The van der Waals surface area contributed by atoms with Gasteiger partial charge in [0.1, 0.15) is 11.2 Å². The number of aromatic nitrogens is 1. The van der Waals surface area contributed by atoms with Crippen molar-refractivity contribution in [1.29, 1.82) is 0 Å². The molecule has 3 heteroatoms. The summed E-state index contributed by atoms with van der Waals surface area (Å²) in [7, 11) is 0. The highest BCUT2D eigenvalue weighted by Gasteiger charge is 2.35. The third-order valence-electron chi connectivity index (χ3n) is 12.8. The van der Waals surface area contributed by atoms with Crippen LogP contribution in [-0.2, 0) is 5.41 Å². The predicted octanol–water partition coefficient (Wildman–Crippen LogP) is 15.8. The Labute approximate surface area is 349 Å². The smallest absolute Gasteiger partial charge is 0.143 e. The van der Waals surface area contributed by atoms with Crippen molar-refractivity contribution in [2.24, 2.45) is 0 Å². The van der Waals surface area contributed by atoms with Crippen LogP contribution in [0, 0.1) is 0 Å². The first-order valence-electron chi connectivity index (χ1n) is 20.8. The van der Waals surface area contributed by atoms with E-state index in [9.17, 15) is 0 Å². The highest BCUT2D eigenvalue weighted by Crippen LogP contribution is 2.51. The molecule has 0 aliphatic heterocycles. The van der Waals surface area contributed by atoms with Crippen molar-refractivity contribution in [3.05, 3.63) is 217 Å². The van der Waals surface area contributed by atoms with Gasteiger partial charge in [-0.2, -0.15) is 0 Å². The Hall–Kier alpha value is -7.62. The number of para-hydroxylation sites is 3. The van der Waals surface area contributed by atoms with Gasteiger partial charge in [0.25, 0.3) is 0 Å².